The zero-order chi connectivity index (χ0) is 13.8. The first-order chi connectivity index (χ1) is 9.11. The van der Waals surface area contributed by atoms with Crippen LogP contribution in [0.5, 0.6) is 5.75 Å². The van der Waals surface area contributed by atoms with E-state index >= 15 is 0 Å². The molecular formula is C15H21N3O. The Labute approximate surface area is 114 Å². The molecule has 4 heteroatoms. The second-order valence-corrected chi connectivity index (χ2v) is 4.81. The molecule has 0 spiro atoms. The predicted octanol–water partition coefficient (Wildman–Crippen LogP) is 3.28. The first kappa shape index (κ1) is 13.6. The standard InChI is InChI=1S/C15H21N3O/c1-5-6-9-19-14-8-7-11(2)10-13(14)15-16-12(3)17-18(15)4/h7-8,10H,5-6,9H2,1-4H3. The van der Waals surface area contributed by atoms with E-state index in [1.54, 1.807) is 4.68 Å². The van der Waals surface area contributed by atoms with Gasteiger partial charge < -0.3 is 4.74 Å². The minimum atomic E-state index is 0.739. The molecule has 1 aromatic heterocycles. The van der Waals surface area contributed by atoms with Crippen molar-refractivity contribution >= 4 is 0 Å². The van der Waals surface area contributed by atoms with Gasteiger partial charge in [0.15, 0.2) is 5.82 Å². The van der Waals surface area contributed by atoms with Crippen LogP contribution < -0.4 is 4.74 Å². The van der Waals surface area contributed by atoms with Crippen molar-refractivity contribution in [1.82, 2.24) is 14.8 Å². The Morgan fingerprint density at radius 2 is 2.05 bits per heavy atom. The number of aryl methyl sites for hydroxylation is 3. The number of hydrogen-bond donors (Lipinski definition) is 0. The molecule has 1 heterocycles. The summed E-state index contributed by atoms with van der Waals surface area (Å²) in [5, 5.41) is 4.30. The Kier molecular flexibility index (Phi) is 4.20. The lowest BCUT2D eigenvalue weighted by molar-refractivity contribution is 0.310. The van der Waals surface area contributed by atoms with Gasteiger partial charge in [0, 0.05) is 7.05 Å². The number of unbranched alkanes of at least 4 members (excludes halogenated alkanes) is 1. The molecule has 2 rings (SSSR count). The van der Waals surface area contributed by atoms with E-state index in [1.165, 1.54) is 5.56 Å². The van der Waals surface area contributed by atoms with E-state index in [2.05, 4.69) is 36.1 Å². The van der Waals surface area contributed by atoms with Gasteiger partial charge in [-0.15, -0.1) is 0 Å². The number of ether oxygens (including phenoxy) is 1. The van der Waals surface area contributed by atoms with E-state index in [9.17, 15) is 0 Å². The van der Waals surface area contributed by atoms with Gasteiger partial charge in [0.25, 0.3) is 0 Å². The molecule has 0 bridgehead atoms. The third kappa shape index (κ3) is 3.13. The average molecular weight is 259 g/mol. The van der Waals surface area contributed by atoms with Gasteiger partial charge in [0.2, 0.25) is 0 Å². The molecule has 0 unspecified atom stereocenters. The quantitative estimate of drug-likeness (QED) is 0.774. The monoisotopic (exact) mass is 259 g/mol. The van der Waals surface area contributed by atoms with Crippen molar-refractivity contribution in [3.63, 3.8) is 0 Å². The van der Waals surface area contributed by atoms with Crippen molar-refractivity contribution < 1.29 is 4.74 Å². The van der Waals surface area contributed by atoms with Gasteiger partial charge in [0.05, 0.1) is 12.2 Å². The maximum atomic E-state index is 5.87. The Hall–Kier alpha value is -1.84. The van der Waals surface area contributed by atoms with E-state index in [0.717, 1.165) is 42.4 Å². The van der Waals surface area contributed by atoms with Crippen LogP contribution >= 0.6 is 0 Å². The van der Waals surface area contributed by atoms with Crippen molar-refractivity contribution in [2.75, 3.05) is 6.61 Å². The molecule has 0 fully saturated rings. The minimum absolute atomic E-state index is 0.739. The first-order valence-electron chi connectivity index (χ1n) is 6.73. The highest BCUT2D eigenvalue weighted by Gasteiger charge is 2.13. The topological polar surface area (TPSA) is 39.9 Å². The lowest BCUT2D eigenvalue weighted by atomic mass is 10.1. The molecule has 0 atom stereocenters. The molecule has 0 saturated heterocycles. The highest BCUT2D eigenvalue weighted by Crippen LogP contribution is 2.29. The van der Waals surface area contributed by atoms with Crippen LogP contribution in [0.15, 0.2) is 18.2 Å². The predicted molar refractivity (Wildman–Crippen MR) is 76.3 cm³/mol. The summed E-state index contributed by atoms with van der Waals surface area (Å²) in [5.41, 5.74) is 2.21. The van der Waals surface area contributed by atoms with Crippen molar-refractivity contribution in [3.8, 4) is 17.1 Å². The van der Waals surface area contributed by atoms with E-state index in [0.29, 0.717) is 0 Å². The zero-order valence-electron chi connectivity index (χ0n) is 12.1. The maximum Gasteiger partial charge on any atom is 0.161 e. The molecule has 0 aliphatic rings. The van der Waals surface area contributed by atoms with Gasteiger partial charge in [-0.3, -0.25) is 0 Å². The van der Waals surface area contributed by atoms with Crippen molar-refractivity contribution in [1.29, 1.82) is 0 Å². The smallest absolute Gasteiger partial charge is 0.161 e. The molecule has 19 heavy (non-hydrogen) atoms. The van der Waals surface area contributed by atoms with Crippen LogP contribution in [-0.2, 0) is 7.05 Å². The summed E-state index contributed by atoms with van der Waals surface area (Å²) in [4.78, 5) is 4.48. The number of aromatic nitrogens is 3. The summed E-state index contributed by atoms with van der Waals surface area (Å²) in [5.74, 6) is 2.51. The fourth-order valence-electron chi connectivity index (χ4n) is 2.02. The molecule has 2 aromatic rings. The first-order valence-corrected chi connectivity index (χ1v) is 6.73. The molecule has 1 aromatic carbocycles. The van der Waals surface area contributed by atoms with E-state index in [4.69, 9.17) is 4.74 Å². The van der Waals surface area contributed by atoms with Crippen LogP contribution in [0.1, 0.15) is 31.2 Å². The number of benzene rings is 1. The lowest BCUT2D eigenvalue weighted by Crippen LogP contribution is -2.01. The SMILES string of the molecule is CCCCOc1ccc(C)cc1-c1nc(C)nn1C. The van der Waals surface area contributed by atoms with Crippen LogP contribution in [0.4, 0.5) is 0 Å². The Bertz CT molecular complexity index is 561. The summed E-state index contributed by atoms with van der Waals surface area (Å²) >= 11 is 0. The second-order valence-electron chi connectivity index (χ2n) is 4.81. The van der Waals surface area contributed by atoms with E-state index < -0.39 is 0 Å². The van der Waals surface area contributed by atoms with Crippen molar-refractivity contribution in [2.45, 2.75) is 33.6 Å². The highest BCUT2D eigenvalue weighted by atomic mass is 16.5. The molecule has 0 radical (unpaired) electrons. The third-order valence-corrected chi connectivity index (χ3v) is 3.00. The van der Waals surface area contributed by atoms with Crippen LogP contribution in [0.2, 0.25) is 0 Å². The molecule has 0 aliphatic carbocycles. The van der Waals surface area contributed by atoms with Crippen LogP contribution in [0.25, 0.3) is 11.4 Å². The number of hydrogen-bond acceptors (Lipinski definition) is 3. The molecule has 0 N–H and O–H groups in total. The van der Waals surface area contributed by atoms with Gasteiger partial charge in [0.1, 0.15) is 11.6 Å². The summed E-state index contributed by atoms with van der Waals surface area (Å²) in [6.07, 6.45) is 2.19. The molecule has 102 valence electrons. The van der Waals surface area contributed by atoms with Gasteiger partial charge in [-0.2, -0.15) is 5.10 Å². The summed E-state index contributed by atoms with van der Waals surface area (Å²) in [6, 6.07) is 6.18. The Balaban J connectivity index is 2.37. The third-order valence-electron chi connectivity index (χ3n) is 3.00. The fourth-order valence-corrected chi connectivity index (χ4v) is 2.02. The average Bonchev–Trinajstić information content (AvgIpc) is 2.70. The number of nitrogens with zero attached hydrogens (tertiary/aromatic N) is 3. The van der Waals surface area contributed by atoms with Crippen LogP contribution in [0.3, 0.4) is 0 Å². The maximum absolute atomic E-state index is 5.87. The zero-order valence-corrected chi connectivity index (χ0v) is 12.1. The minimum Gasteiger partial charge on any atom is -0.493 e. The molecule has 4 nitrogen and oxygen atoms in total. The lowest BCUT2D eigenvalue weighted by Gasteiger charge is -2.11. The van der Waals surface area contributed by atoms with E-state index in [-0.39, 0.29) is 0 Å². The van der Waals surface area contributed by atoms with Crippen molar-refractivity contribution in [2.24, 2.45) is 7.05 Å². The van der Waals surface area contributed by atoms with E-state index in [1.807, 2.05) is 20.0 Å². The van der Waals surface area contributed by atoms with Crippen molar-refractivity contribution in [3.05, 3.63) is 29.6 Å². The van der Waals surface area contributed by atoms with Gasteiger partial charge in [-0.05, 0) is 32.4 Å². The molecule has 0 saturated carbocycles. The normalized spacial score (nSPS) is 10.7. The number of rotatable bonds is 5. The molecule has 0 aliphatic heterocycles. The molecular weight excluding hydrogens is 238 g/mol. The van der Waals surface area contributed by atoms with Gasteiger partial charge in [-0.25, -0.2) is 9.67 Å². The fraction of sp³-hybridized carbons (Fsp3) is 0.467. The Morgan fingerprint density at radius 1 is 1.26 bits per heavy atom. The second kappa shape index (κ2) is 5.87. The highest BCUT2D eigenvalue weighted by molar-refractivity contribution is 5.65. The van der Waals surface area contributed by atoms with Gasteiger partial charge in [-0.1, -0.05) is 25.0 Å². The Morgan fingerprint density at radius 3 is 2.68 bits per heavy atom. The molecule has 0 amide bonds. The largest absolute Gasteiger partial charge is 0.493 e. The van der Waals surface area contributed by atoms with Gasteiger partial charge >= 0.3 is 0 Å². The summed E-state index contributed by atoms with van der Waals surface area (Å²) < 4.78 is 7.67. The van der Waals surface area contributed by atoms with Crippen LogP contribution in [0, 0.1) is 13.8 Å². The van der Waals surface area contributed by atoms with Crippen LogP contribution in [-0.4, -0.2) is 21.4 Å². The summed E-state index contributed by atoms with van der Waals surface area (Å²) in [7, 11) is 1.91. The summed E-state index contributed by atoms with van der Waals surface area (Å²) in [6.45, 7) is 6.87.